The predicted molar refractivity (Wildman–Crippen MR) is 52.9 cm³/mol. The van der Waals surface area contributed by atoms with Crippen LogP contribution < -0.4 is 0 Å². The van der Waals surface area contributed by atoms with Crippen LogP contribution in [0, 0.1) is 5.92 Å². The number of hydrogen-bond donors (Lipinski definition) is 0. The van der Waals surface area contributed by atoms with Crippen molar-refractivity contribution in [1.29, 1.82) is 0 Å². The predicted octanol–water partition coefficient (Wildman–Crippen LogP) is 1.71. The van der Waals surface area contributed by atoms with E-state index in [1.54, 1.807) is 14.2 Å². The summed E-state index contributed by atoms with van der Waals surface area (Å²) in [6.45, 7) is 7.54. The van der Waals surface area contributed by atoms with Crippen molar-refractivity contribution in [3.8, 4) is 0 Å². The van der Waals surface area contributed by atoms with Crippen LogP contribution in [0.15, 0.2) is 0 Å². The zero-order valence-electron chi connectivity index (χ0n) is 9.37. The fourth-order valence-electron chi connectivity index (χ4n) is 1.13. The Labute approximate surface area is 81.4 Å². The molecule has 13 heavy (non-hydrogen) atoms. The van der Waals surface area contributed by atoms with Gasteiger partial charge in [-0.1, -0.05) is 13.8 Å². The molecule has 2 atom stereocenters. The maximum absolute atomic E-state index is 5.74. The zero-order chi connectivity index (χ0) is 10.3. The fourth-order valence-corrected chi connectivity index (χ4v) is 1.13. The average Bonchev–Trinajstić information content (AvgIpc) is 2.04. The minimum Gasteiger partial charge on any atom is -0.382 e. The fraction of sp³-hybridized carbons (Fsp3) is 1.00. The van der Waals surface area contributed by atoms with Crippen molar-refractivity contribution in [3.63, 3.8) is 0 Å². The highest BCUT2D eigenvalue weighted by Gasteiger charge is 2.16. The van der Waals surface area contributed by atoms with E-state index in [-0.39, 0.29) is 12.2 Å². The van der Waals surface area contributed by atoms with E-state index in [0.29, 0.717) is 19.1 Å². The van der Waals surface area contributed by atoms with Crippen molar-refractivity contribution >= 4 is 0 Å². The van der Waals surface area contributed by atoms with Crippen LogP contribution in [-0.2, 0) is 14.2 Å². The second kappa shape index (κ2) is 7.30. The Morgan fingerprint density at radius 2 is 1.46 bits per heavy atom. The molecule has 0 aromatic heterocycles. The molecule has 0 rings (SSSR count). The molecule has 0 saturated heterocycles. The summed E-state index contributed by atoms with van der Waals surface area (Å²) < 4.78 is 15.8. The molecule has 0 bridgehead atoms. The van der Waals surface area contributed by atoms with Gasteiger partial charge in [0.25, 0.3) is 0 Å². The second-order valence-corrected chi connectivity index (χ2v) is 3.64. The van der Waals surface area contributed by atoms with Gasteiger partial charge in [0.1, 0.15) is 0 Å². The van der Waals surface area contributed by atoms with E-state index in [0.717, 1.165) is 0 Å². The van der Waals surface area contributed by atoms with E-state index in [2.05, 4.69) is 13.8 Å². The third-order valence-electron chi connectivity index (χ3n) is 1.88. The summed E-state index contributed by atoms with van der Waals surface area (Å²) in [7, 11) is 3.38. The van der Waals surface area contributed by atoms with Crippen molar-refractivity contribution in [2.75, 3.05) is 27.4 Å². The lowest BCUT2D eigenvalue weighted by molar-refractivity contribution is -0.0834. The van der Waals surface area contributed by atoms with Crippen LogP contribution in [-0.4, -0.2) is 39.6 Å². The van der Waals surface area contributed by atoms with Gasteiger partial charge in [-0.15, -0.1) is 0 Å². The smallest absolute Gasteiger partial charge is 0.0835 e. The Balaban J connectivity index is 3.79. The highest BCUT2D eigenvalue weighted by atomic mass is 16.6. The third-order valence-corrected chi connectivity index (χ3v) is 1.88. The van der Waals surface area contributed by atoms with Gasteiger partial charge in [0, 0.05) is 14.2 Å². The summed E-state index contributed by atoms with van der Waals surface area (Å²) in [4.78, 5) is 0. The van der Waals surface area contributed by atoms with Gasteiger partial charge in [0.15, 0.2) is 0 Å². The van der Waals surface area contributed by atoms with E-state index in [4.69, 9.17) is 14.2 Å². The van der Waals surface area contributed by atoms with Crippen LogP contribution >= 0.6 is 0 Å². The first-order valence-corrected chi connectivity index (χ1v) is 4.75. The first kappa shape index (κ1) is 12.9. The highest BCUT2D eigenvalue weighted by molar-refractivity contribution is 4.63. The van der Waals surface area contributed by atoms with Gasteiger partial charge in [-0.3, -0.25) is 0 Å². The lowest BCUT2D eigenvalue weighted by Crippen LogP contribution is -2.31. The van der Waals surface area contributed by atoms with E-state index >= 15 is 0 Å². The molecule has 0 radical (unpaired) electrons. The summed E-state index contributed by atoms with van der Waals surface area (Å²) in [5, 5.41) is 0. The SMILES string of the molecule is COCC(O[C@@H](C)COC)C(C)C. The Hall–Kier alpha value is -0.120. The summed E-state index contributed by atoms with van der Waals surface area (Å²) in [5.41, 5.74) is 0. The van der Waals surface area contributed by atoms with Crippen molar-refractivity contribution in [3.05, 3.63) is 0 Å². The molecule has 3 nitrogen and oxygen atoms in total. The summed E-state index contributed by atoms with van der Waals surface area (Å²) >= 11 is 0. The number of methoxy groups -OCH3 is 2. The first-order valence-electron chi connectivity index (χ1n) is 4.75. The monoisotopic (exact) mass is 190 g/mol. The molecular weight excluding hydrogens is 168 g/mol. The topological polar surface area (TPSA) is 27.7 Å². The van der Waals surface area contributed by atoms with E-state index < -0.39 is 0 Å². The van der Waals surface area contributed by atoms with Crippen LogP contribution in [0.2, 0.25) is 0 Å². The zero-order valence-corrected chi connectivity index (χ0v) is 9.37. The van der Waals surface area contributed by atoms with Crippen molar-refractivity contribution in [1.82, 2.24) is 0 Å². The number of hydrogen-bond acceptors (Lipinski definition) is 3. The van der Waals surface area contributed by atoms with Gasteiger partial charge < -0.3 is 14.2 Å². The van der Waals surface area contributed by atoms with E-state index in [1.165, 1.54) is 0 Å². The highest BCUT2D eigenvalue weighted by Crippen LogP contribution is 2.09. The molecule has 0 saturated carbocycles. The molecule has 0 N–H and O–H groups in total. The molecule has 1 unspecified atom stereocenters. The maximum Gasteiger partial charge on any atom is 0.0835 e. The third kappa shape index (κ3) is 6.02. The lowest BCUT2D eigenvalue weighted by Gasteiger charge is -2.24. The summed E-state index contributed by atoms with van der Waals surface area (Å²) in [6, 6.07) is 0. The Morgan fingerprint density at radius 3 is 1.85 bits per heavy atom. The summed E-state index contributed by atoms with van der Waals surface area (Å²) in [5.74, 6) is 0.472. The molecule has 0 amide bonds. The van der Waals surface area contributed by atoms with Gasteiger partial charge in [-0.2, -0.15) is 0 Å². The molecular formula is C10H22O3. The quantitative estimate of drug-likeness (QED) is 0.611. The minimum atomic E-state index is 0.132. The molecule has 0 aliphatic carbocycles. The van der Waals surface area contributed by atoms with E-state index in [9.17, 15) is 0 Å². The van der Waals surface area contributed by atoms with Crippen LogP contribution in [0.4, 0.5) is 0 Å². The van der Waals surface area contributed by atoms with Crippen molar-refractivity contribution in [2.24, 2.45) is 5.92 Å². The standard InChI is InChI=1S/C10H22O3/c1-8(2)10(7-12-5)13-9(3)6-11-4/h8-10H,6-7H2,1-5H3/t9-,10?/m0/s1. The Bertz CT molecular complexity index is 115. The molecule has 0 aromatic rings. The molecule has 0 aromatic carbocycles. The van der Waals surface area contributed by atoms with Gasteiger partial charge in [-0.05, 0) is 12.8 Å². The number of rotatable bonds is 7. The normalized spacial score (nSPS) is 16.2. The van der Waals surface area contributed by atoms with Crippen LogP contribution in [0.5, 0.6) is 0 Å². The van der Waals surface area contributed by atoms with Crippen LogP contribution in [0.25, 0.3) is 0 Å². The van der Waals surface area contributed by atoms with Crippen LogP contribution in [0.1, 0.15) is 20.8 Å². The van der Waals surface area contributed by atoms with Crippen molar-refractivity contribution in [2.45, 2.75) is 33.0 Å². The molecule has 3 heteroatoms. The van der Waals surface area contributed by atoms with Crippen LogP contribution in [0.3, 0.4) is 0 Å². The largest absolute Gasteiger partial charge is 0.382 e. The molecule has 0 spiro atoms. The molecule has 0 aliphatic rings. The second-order valence-electron chi connectivity index (χ2n) is 3.64. The number of ether oxygens (including phenoxy) is 3. The summed E-state index contributed by atoms with van der Waals surface area (Å²) in [6.07, 6.45) is 0.294. The molecule has 0 aliphatic heterocycles. The Morgan fingerprint density at radius 1 is 0.923 bits per heavy atom. The first-order chi connectivity index (χ1) is 6.11. The minimum absolute atomic E-state index is 0.132. The van der Waals surface area contributed by atoms with Crippen molar-refractivity contribution < 1.29 is 14.2 Å². The molecule has 0 heterocycles. The average molecular weight is 190 g/mol. The van der Waals surface area contributed by atoms with Gasteiger partial charge >= 0.3 is 0 Å². The van der Waals surface area contributed by atoms with Gasteiger partial charge in [0.2, 0.25) is 0 Å². The molecule has 0 fully saturated rings. The van der Waals surface area contributed by atoms with Gasteiger partial charge in [-0.25, -0.2) is 0 Å². The maximum atomic E-state index is 5.74. The lowest BCUT2D eigenvalue weighted by atomic mass is 10.1. The Kier molecular flexibility index (Phi) is 7.23. The van der Waals surface area contributed by atoms with Gasteiger partial charge in [0.05, 0.1) is 25.4 Å². The van der Waals surface area contributed by atoms with E-state index in [1.807, 2.05) is 6.92 Å². The molecule has 80 valence electrons.